The molecule has 1 aromatic carbocycles. The van der Waals surface area contributed by atoms with Crippen LogP contribution in [0.3, 0.4) is 0 Å². The third kappa shape index (κ3) is 6.91. The molecule has 0 aliphatic heterocycles. The predicted octanol–water partition coefficient (Wildman–Crippen LogP) is 5.09. The molecule has 3 rings (SSSR count). The standard InChI is InChI=1S/C22H22ClF3N4O4/c1-12(2)34-21(32)28-15-8-27-20-29-18(10-30(20)9-15)16-6-14(4-5-17(16)23)7-19(31)13(3)33-11-22(24,25)26/h4-6,8-10,12-13H,7,11H2,1-3H3,(H,28,32). The van der Waals surface area contributed by atoms with Gasteiger partial charge in [-0.1, -0.05) is 17.7 Å². The first-order valence-electron chi connectivity index (χ1n) is 10.2. The average molecular weight is 499 g/mol. The van der Waals surface area contributed by atoms with Gasteiger partial charge in [-0.25, -0.2) is 14.8 Å². The van der Waals surface area contributed by atoms with Crippen LogP contribution in [0.25, 0.3) is 17.0 Å². The van der Waals surface area contributed by atoms with Gasteiger partial charge >= 0.3 is 12.3 Å². The quantitative estimate of drug-likeness (QED) is 0.465. The molecule has 1 unspecified atom stereocenters. The van der Waals surface area contributed by atoms with Crippen LogP contribution in [0.2, 0.25) is 5.02 Å². The van der Waals surface area contributed by atoms with Crippen molar-refractivity contribution in [3.63, 3.8) is 0 Å². The zero-order chi connectivity index (χ0) is 25.0. The van der Waals surface area contributed by atoms with Crippen LogP contribution in [0.15, 0.2) is 36.8 Å². The van der Waals surface area contributed by atoms with E-state index < -0.39 is 30.8 Å². The minimum atomic E-state index is -4.51. The van der Waals surface area contributed by atoms with Crippen molar-refractivity contribution in [2.24, 2.45) is 0 Å². The highest BCUT2D eigenvalue weighted by Crippen LogP contribution is 2.29. The van der Waals surface area contributed by atoms with Crippen LogP contribution in [0.4, 0.5) is 23.7 Å². The molecule has 8 nitrogen and oxygen atoms in total. The van der Waals surface area contributed by atoms with Crippen molar-refractivity contribution in [3.8, 4) is 11.3 Å². The number of alkyl halides is 3. The number of aromatic nitrogens is 3. The topological polar surface area (TPSA) is 94.8 Å². The first-order chi connectivity index (χ1) is 15.9. The van der Waals surface area contributed by atoms with Gasteiger partial charge in [0.05, 0.1) is 28.7 Å². The van der Waals surface area contributed by atoms with Crippen molar-refractivity contribution in [2.45, 2.75) is 45.6 Å². The molecule has 2 aromatic heterocycles. The highest BCUT2D eigenvalue weighted by Gasteiger charge is 2.30. The van der Waals surface area contributed by atoms with Crippen LogP contribution >= 0.6 is 11.6 Å². The predicted molar refractivity (Wildman–Crippen MR) is 119 cm³/mol. The SMILES string of the molecule is CC(C)OC(=O)Nc1cnc2nc(-c3cc(CC(=O)C(C)OCC(F)(F)F)ccc3Cl)cn2c1. The lowest BCUT2D eigenvalue weighted by molar-refractivity contribution is -0.185. The van der Waals surface area contributed by atoms with Crippen molar-refractivity contribution >= 4 is 34.9 Å². The summed E-state index contributed by atoms with van der Waals surface area (Å²) in [6.07, 6.45) is -2.10. The van der Waals surface area contributed by atoms with Gasteiger partial charge in [0.15, 0.2) is 5.78 Å². The number of carbonyl (C=O) groups is 2. The summed E-state index contributed by atoms with van der Waals surface area (Å²) in [5, 5.41) is 2.93. The van der Waals surface area contributed by atoms with Gasteiger partial charge in [-0.3, -0.25) is 14.5 Å². The summed E-state index contributed by atoms with van der Waals surface area (Å²) in [6, 6.07) is 4.82. The number of imidazole rings is 1. The number of ketones is 1. The summed E-state index contributed by atoms with van der Waals surface area (Å²) in [7, 11) is 0. The molecule has 1 amide bonds. The summed E-state index contributed by atoms with van der Waals surface area (Å²) >= 11 is 6.33. The monoisotopic (exact) mass is 498 g/mol. The van der Waals surface area contributed by atoms with E-state index in [-0.39, 0.29) is 12.5 Å². The largest absolute Gasteiger partial charge is 0.447 e. The Bertz CT molecular complexity index is 1200. The van der Waals surface area contributed by atoms with Gasteiger partial charge < -0.3 is 9.47 Å². The zero-order valence-corrected chi connectivity index (χ0v) is 19.3. The number of halogens is 4. The van der Waals surface area contributed by atoms with Gasteiger partial charge in [-0.15, -0.1) is 0 Å². The molecule has 0 saturated heterocycles. The summed E-state index contributed by atoms with van der Waals surface area (Å²) in [4.78, 5) is 32.7. The van der Waals surface area contributed by atoms with E-state index in [0.717, 1.165) is 0 Å². The molecule has 0 radical (unpaired) electrons. The fourth-order valence-electron chi connectivity index (χ4n) is 2.98. The molecule has 12 heteroatoms. The molecule has 0 saturated carbocycles. The average Bonchev–Trinajstić information content (AvgIpc) is 3.15. The minimum absolute atomic E-state index is 0.138. The summed E-state index contributed by atoms with van der Waals surface area (Å²) in [5.74, 6) is -0.164. The van der Waals surface area contributed by atoms with Gasteiger partial charge in [-0.2, -0.15) is 13.2 Å². The molecule has 3 aromatic rings. The van der Waals surface area contributed by atoms with E-state index in [1.165, 1.54) is 13.1 Å². The van der Waals surface area contributed by atoms with Crippen LogP contribution in [0.5, 0.6) is 0 Å². The summed E-state index contributed by atoms with van der Waals surface area (Å²) < 4.78 is 48.2. The number of benzene rings is 1. The normalized spacial score (nSPS) is 12.7. The van der Waals surface area contributed by atoms with Gasteiger partial charge in [0.25, 0.3) is 0 Å². The molecule has 2 heterocycles. The smallest absolute Gasteiger partial charge is 0.411 e. The Morgan fingerprint density at radius 1 is 1.21 bits per heavy atom. The first-order valence-corrected chi connectivity index (χ1v) is 10.6. The van der Waals surface area contributed by atoms with E-state index in [0.29, 0.717) is 33.3 Å². The number of carbonyl (C=O) groups excluding carboxylic acids is 2. The maximum absolute atomic E-state index is 12.3. The van der Waals surface area contributed by atoms with Crippen LogP contribution in [-0.4, -0.2) is 51.2 Å². The van der Waals surface area contributed by atoms with E-state index in [1.54, 1.807) is 48.8 Å². The number of nitrogens with one attached hydrogen (secondary N) is 1. The molecular weight excluding hydrogens is 477 g/mol. The number of fused-ring (bicyclic) bond motifs is 1. The molecule has 182 valence electrons. The summed E-state index contributed by atoms with van der Waals surface area (Å²) in [6.45, 7) is 3.24. The van der Waals surface area contributed by atoms with Crippen molar-refractivity contribution in [2.75, 3.05) is 11.9 Å². The Hall–Kier alpha value is -3.18. The lowest BCUT2D eigenvalue weighted by atomic mass is 10.0. The van der Waals surface area contributed by atoms with Gasteiger partial charge in [0, 0.05) is 24.4 Å². The van der Waals surface area contributed by atoms with Crippen molar-refractivity contribution in [1.82, 2.24) is 14.4 Å². The van der Waals surface area contributed by atoms with E-state index in [9.17, 15) is 22.8 Å². The van der Waals surface area contributed by atoms with E-state index in [1.807, 2.05) is 0 Å². The Morgan fingerprint density at radius 2 is 1.94 bits per heavy atom. The second-order valence-electron chi connectivity index (χ2n) is 7.78. The van der Waals surface area contributed by atoms with Crippen molar-refractivity contribution in [3.05, 3.63) is 47.4 Å². The number of hydrogen-bond acceptors (Lipinski definition) is 6. The molecule has 0 fully saturated rings. The molecule has 0 aliphatic rings. The number of rotatable bonds is 8. The minimum Gasteiger partial charge on any atom is -0.447 e. The van der Waals surface area contributed by atoms with E-state index in [2.05, 4.69) is 20.0 Å². The number of anilines is 1. The molecular formula is C22H22ClF3N4O4. The van der Waals surface area contributed by atoms with E-state index >= 15 is 0 Å². The number of hydrogen-bond donors (Lipinski definition) is 1. The second-order valence-corrected chi connectivity index (χ2v) is 8.19. The zero-order valence-electron chi connectivity index (χ0n) is 18.5. The van der Waals surface area contributed by atoms with Gasteiger partial charge in [0.1, 0.15) is 12.7 Å². The van der Waals surface area contributed by atoms with Crippen molar-refractivity contribution in [1.29, 1.82) is 0 Å². The highest BCUT2D eigenvalue weighted by molar-refractivity contribution is 6.33. The summed E-state index contributed by atoms with van der Waals surface area (Å²) in [5.41, 5.74) is 1.89. The molecule has 0 bridgehead atoms. The lowest BCUT2D eigenvalue weighted by Gasteiger charge is -2.14. The fourth-order valence-corrected chi connectivity index (χ4v) is 3.19. The Balaban J connectivity index is 1.77. The van der Waals surface area contributed by atoms with Crippen LogP contribution in [0.1, 0.15) is 26.3 Å². The molecule has 1 atom stereocenters. The number of Topliss-reactive ketones (excluding diaryl/α,β-unsaturated/α-hetero) is 1. The highest BCUT2D eigenvalue weighted by atomic mass is 35.5. The van der Waals surface area contributed by atoms with Gasteiger partial charge in [-0.05, 0) is 38.5 Å². The van der Waals surface area contributed by atoms with E-state index in [4.69, 9.17) is 16.3 Å². The Kier molecular flexibility index (Phi) is 7.78. The third-order valence-corrected chi connectivity index (χ3v) is 4.86. The number of nitrogens with zero attached hydrogens (tertiary/aromatic N) is 3. The Labute approximate surface area is 198 Å². The molecule has 0 aliphatic carbocycles. The van der Waals surface area contributed by atoms with Crippen LogP contribution in [0, 0.1) is 0 Å². The molecule has 0 spiro atoms. The van der Waals surface area contributed by atoms with Gasteiger partial charge in [0.2, 0.25) is 5.78 Å². The van der Waals surface area contributed by atoms with Crippen molar-refractivity contribution < 1.29 is 32.2 Å². The Morgan fingerprint density at radius 3 is 2.62 bits per heavy atom. The maximum Gasteiger partial charge on any atom is 0.411 e. The van der Waals surface area contributed by atoms with Crippen LogP contribution in [-0.2, 0) is 20.7 Å². The second kappa shape index (κ2) is 10.4. The third-order valence-electron chi connectivity index (χ3n) is 4.53. The lowest BCUT2D eigenvalue weighted by Crippen LogP contribution is -2.28. The first kappa shape index (κ1) is 25.4. The molecule has 1 N–H and O–H groups in total. The number of amides is 1. The fraction of sp³-hybridized carbons (Fsp3) is 0.364. The molecule has 34 heavy (non-hydrogen) atoms. The van der Waals surface area contributed by atoms with Crippen LogP contribution < -0.4 is 5.32 Å². The number of ether oxygens (including phenoxy) is 2. The maximum atomic E-state index is 12.3.